The van der Waals surface area contributed by atoms with Crippen LogP contribution in [0.3, 0.4) is 0 Å². The van der Waals surface area contributed by atoms with Crippen LogP contribution in [0.1, 0.15) is 49.0 Å². The van der Waals surface area contributed by atoms with E-state index < -0.39 is 0 Å². The summed E-state index contributed by atoms with van der Waals surface area (Å²) in [7, 11) is 2.07. The van der Waals surface area contributed by atoms with Crippen LogP contribution in [0.5, 0.6) is 0 Å². The molecule has 1 saturated carbocycles. The molecule has 26 heavy (non-hydrogen) atoms. The summed E-state index contributed by atoms with van der Waals surface area (Å²) in [6.07, 6.45) is 8.43. The van der Waals surface area contributed by atoms with Crippen LogP contribution in [0.4, 0.5) is 5.69 Å². The second kappa shape index (κ2) is 7.23. The molecule has 5 nitrogen and oxygen atoms in total. The molecular weight excluding hydrogens is 326 g/mol. The Balaban J connectivity index is 1.51. The van der Waals surface area contributed by atoms with E-state index in [4.69, 9.17) is 0 Å². The molecule has 1 saturated heterocycles. The number of nitrogens with one attached hydrogen (secondary N) is 2. The van der Waals surface area contributed by atoms with Crippen molar-refractivity contribution in [1.82, 2.24) is 9.88 Å². The molecule has 1 aromatic heterocycles. The Hall–Kier alpha value is -2.14. The molecule has 2 unspecified atom stereocenters. The van der Waals surface area contributed by atoms with Gasteiger partial charge in [0.1, 0.15) is 0 Å². The van der Waals surface area contributed by atoms with Gasteiger partial charge in [0.05, 0.1) is 11.7 Å². The number of hydrogen-bond donors (Lipinski definition) is 2. The van der Waals surface area contributed by atoms with Gasteiger partial charge in [-0.25, -0.2) is 0 Å². The SMILES string of the molecule is CN1CCC(C2CCCCC2)C1C(=O)Nc1ccc2[nH]c(C=O)cc2c1. The molecule has 1 aromatic carbocycles. The fourth-order valence-electron chi connectivity index (χ4n) is 4.94. The second-order valence-electron chi connectivity index (χ2n) is 7.91. The molecule has 1 aliphatic carbocycles. The Bertz CT molecular complexity index is 807. The summed E-state index contributed by atoms with van der Waals surface area (Å²) >= 11 is 0. The van der Waals surface area contributed by atoms with Crippen molar-refractivity contribution in [3.8, 4) is 0 Å². The average Bonchev–Trinajstić information content (AvgIpc) is 3.25. The Morgan fingerprint density at radius 1 is 1.19 bits per heavy atom. The predicted molar refractivity (Wildman–Crippen MR) is 103 cm³/mol. The summed E-state index contributed by atoms with van der Waals surface area (Å²) in [5, 5.41) is 4.06. The summed E-state index contributed by atoms with van der Waals surface area (Å²) < 4.78 is 0. The van der Waals surface area contributed by atoms with Gasteiger partial charge in [0.15, 0.2) is 6.29 Å². The van der Waals surface area contributed by atoms with Crippen LogP contribution >= 0.6 is 0 Å². The number of likely N-dealkylation sites (tertiary alicyclic amines) is 1. The lowest BCUT2D eigenvalue weighted by molar-refractivity contribution is -0.121. The molecule has 5 heteroatoms. The van der Waals surface area contributed by atoms with Crippen molar-refractivity contribution in [1.29, 1.82) is 0 Å². The Morgan fingerprint density at radius 2 is 2.00 bits per heavy atom. The van der Waals surface area contributed by atoms with Gasteiger partial charge >= 0.3 is 0 Å². The fraction of sp³-hybridized carbons (Fsp3) is 0.524. The molecule has 2 heterocycles. The highest BCUT2D eigenvalue weighted by Gasteiger charge is 2.41. The van der Waals surface area contributed by atoms with E-state index in [1.165, 1.54) is 32.1 Å². The Labute approximate surface area is 154 Å². The normalized spacial score (nSPS) is 24.8. The van der Waals surface area contributed by atoms with Gasteiger partial charge in [-0.1, -0.05) is 32.1 Å². The molecule has 1 aliphatic heterocycles. The highest BCUT2D eigenvalue weighted by atomic mass is 16.2. The average molecular weight is 353 g/mol. The summed E-state index contributed by atoms with van der Waals surface area (Å²) in [6.45, 7) is 0.999. The number of fused-ring (bicyclic) bond motifs is 1. The summed E-state index contributed by atoms with van der Waals surface area (Å²) in [4.78, 5) is 29.3. The third-order valence-corrected chi connectivity index (χ3v) is 6.26. The lowest BCUT2D eigenvalue weighted by Gasteiger charge is -2.32. The highest BCUT2D eigenvalue weighted by Crippen LogP contribution is 2.38. The van der Waals surface area contributed by atoms with Gasteiger partial charge in [-0.05, 0) is 56.1 Å². The number of aromatic nitrogens is 1. The molecule has 2 atom stereocenters. The van der Waals surface area contributed by atoms with Gasteiger partial charge in [-0.2, -0.15) is 0 Å². The van der Waals surface area contributed by atoms with E-state index in [1.54, 1.807) is 0 Å². The highest BCUT2D eigenvalue weighted by molar-refractivity contribution is 5.98. The lowest BCUT2D eigenvalue weighted by atomic mass is 9.76. The zero-order valence-electron chi connectivity index (χ0n) is 15.3. The van der Waals surface area contributed by atoms with Crippen molar-refractivity contribution in [2.24, 2.45) is 11.8 Å². The Kier molecular flexibility index (Phi) is 4.81. The van der Waals surface area contributed by atoms with E-state index in [2.05, 4.69) is 22.2 Å². The number of likely N-dealkylation sites (N-methyl/N-ethyl adjacent to an activating group) is 1. The first-order chi connectivity index (χ1) is 12.7. The molecule has 0 spiro atoms. The van der Waals surface area contributed by atoms with Crippen molar-refractivity contribution < 1.29 is 9.59 Å². The maximum Gasteiger partial charge on any atom is 0.242 e. The first-order valence-corrected chi connectivity index (χ1v) is 9.75. The van der Waals surface area contributed by atoms with Crippen molar-refractivity contribution >= 4 is 28.8 Å². The monoisotopic (exact) mass is 353 g/mol. The van der Waals surface area contributed by atoms with Gasteiger partial charge in [-0.15, -0.1) is 0 Å². The largest absolute Gasteiger partial charge is 0.352 e. The molecule has 2 N–H and O–H groups in total. The first kappa shape index (κ1) is 17.3. The smallest absolute Gasteiger partial charge is 0.242 e. The number of amides is 1. The van der Waals surface area contributed by atoms with E-state index in [0.717, 1.165) is 35.8 Å². The van der Waals surface area contributed by atoms with E-state index >= 15 is 0 Å². The number of H-pyrrole nitrogens is 1. The number of aldehydes is 1. The number of nitrogens with zero attached hydrogens (tertiary/aromatic N) is 1. The van der Waals surface area contributed by atoms with Gasteiger partial charge in [-0.3, -0.25) is 14.5 Å². The minimum Gasteiger partial charge on any atom is -0.352 e. The van der Waals surface area contributed by atoms with Crippen LogP contribution in [0.25, 0.3) is 10.9 Å². The number of carbonyl (C=O) groups excluding carboxylic acids is 2. The molecular formula is C21H27N3O2. The van der Waals surface area contributed by atoms with Gasteiger partial charge in [0.2, 0.25) is 5.91 Å². The van der Waals surface area contributed by atoms with E-state index in [9.17, 15) is 9.59 Å². The lowest BCUT2D eigenvalue weighted by Crippen LogP contribution is -2.43. The van der Waals surface area contributed by atoms with E-state index in [0.29, 0.717) is 17.5 Å². The summed E-state index contributed by atoms with van der Waals surface area (Å²) in [6, 6.07) is 7.52. The quantitative estimate of drug-likeness (QED) is 0.821. The second-order valence-corrected chi connectivity index (χ2v) is 7.91. The van der Waals surface area contributed by atoms with Crippen molar-refractivity contribution in [3.05, 3.63) is 30.0 Å². The zero-order chi connectivity index (χ0) is 18.1. The third kappa shape index (κ3) is 3.28. The van der Waals surface area contributed by atoms with Crippen LogP contribution in [-0.4, -0.2) is 41.7 Å². The summed E-state index contributed by atoms with van der Waals surface area (Å²) in [5.41, 5.74) is 2.25. The van der Waals surface area contributed by atoms with E-state index in [1.807, 2.05) is 24.3 Å². The molecule has 4 rings (SSSR count). The molecule has 138 valence electrons. The standard InChI is InChI=1S/C21H27N3O2/c1-24-10-9-18(14-5-3-2-4-6-14)20(24)21(26)23-16-7-8-19-15(11-16)12-17(13-25)22-19/h7-8,11-14,18,20,22H,2-6,9-10H2,1H3,(H,23,26). The molecule has 2 aromatic rings. The van der Waals surface area contributed by atoms with Crippen molar-refractivity contribution in [2.45, 2.75) is 44.6 Å². The zero-order valence-corrected chi connectivity index (χ0v) is 15.3. The molecule has 2 fully saturated rings. The number of anilines is 1. The first-order valence-electron chi connectivity index (χ1n) is 9.75. The van der Waals surface area contributed by atoms with Crippen LogP contribution < -0.4 is 5.32 Å². The number of carbonyl (C=O) groups is 2. The van der Waals surface area contributed by atoms with Crippen LogP contribution in [-0.2, 0) is 4.79 Å². The fourth-order valence-corrected chi connectivity index (χ4v) is 4.94. The number of aromatic amines is 1. The predicted octanol–water partition coefficient (Wildman–Crippen LogP) is 3.82. The van der Waals surface area contributed by atoms with Gasteiger partial charge in [0, 0.05) is 16.6 Å². The van der Waals surface area contributed by atoms with Crippen molar-refractivity contribution in [3.63, 3.8) is 0 Å². The third-order valence-electron chi connectivity index (χ3n) is 6.26. The van der Waals surface area contributed by atoms with Crippen LogP contribution in [0.15, 0.2) is 24.3 Å². The van der Waals surface area contributed by atoms with Crippen molar-refractivity contribution in [2.75, 3.05) is 18.9 Å². The molecule has 0 radical (unpaired) electrons. The maximum atomic E-state index is 13.1. The Morgan fingerprint density at radius 3 is 2.77 bits per heavy atom. The molecule has 1 amide bonds. The van der Waals surface area contributed by atoms with Gasteiger partial charge in [0.25, 0.3) is 0 Å². The van der Waals surface area contributed by atoms with Crippen LogP contribution in [0, 0.1) is 11.8 Å². The van der Waals surface area contributed by atoms with Gasteiger partial charge < -0.3 is 10.3 Å². The number of hydrogen-bond acceptors (Lipinski definition) is 3. The minimum absolute atomic E-state index is 0.0365. The van der Waals surface area contributed by atoms with E-state index in [-0.39, 0.29) is 11.9 Å². The summed E-state index contributed by atoms with van der Waals surface area (Å²) in [5.74, 6) is 1.26. The topological polar surface area (TPSA) is 65.2 Å². The molecule has 0 bridgehead atoms. The van der Waals surface area contributed by atoms with Crippen LogP contribution in [0.2, 0.25) is 0 Å². The number of rotatable bonds is 4. The molecule has 2 aliphatic rings. The maximum absolute atomic E-state index is 13.1. The number of benzene rings is 1. The minimum atomic E-state index is -0.0365.